The summed E-state index contributed by atoms with van der Waals surface area (Å²) in [5.74, 6) is 0.0104. The molecule has 6 nitrogen and oxygen atoms in total. The third-order valence-corrected chi connectivity index (χ3v) is 4.56. The normalized spacial score (nSPS) is 15.9. The lowest BCUT2D eigenvalue weighted by Crippen LogP contribution is -2.21. The second-order valence-electron chi connectivity index (χ2n) is 4.16. The first-order valence-corrected chi connectivity index (χ1v) is 7.21. The summed E-state index contributed by atoms with van der Waals surface area (Å²) in [6.45, 7) is 3.54. The largest absolute Gasteiger partial charge is 0.496 e. The van der Waals surface area contributed by atoms with Crippen LogP contribution in [0, 0.1) is 6.92 Å². The van der Waals surface area contributed by atoms with E-state index >= 15 is 0 Å². The van der Waals surface area contributed by atoms with Crippen LogP contribution in [0.5, 0.6) is 11.5 Å². The summed E-state index contributed by atoms with van der Waals surface area (Å²) < 4.78 is 36.5. The van der Waals surface area contributed by atoms with E-state index in [0.29, 0.717) is 23.3 Å². The SMILES string of the molecule is CCc1c(OC)c(C)c(OC)c2c1C(=O)NS2(=O)=O. The van der Waals surface area contributed by atoms with Gasteiger partial charge in [0.15, 0.2) is 0 Å². The van der Waals surface area contributed by atoms with Crippen LogP contribution in [0.4, 0.5) is 0 Å². The summed E-state index contributed by atoms with van der Waals surface area (Å²) in [5.41, 5.74) is 1.27. The number of amides is 1. The molecule has 0 fully saturated rings. The highest BCUT2D eigenvalue weighted by Gasteiger charge is 2.40. The van der Waals surface area contributed by atoms with Crippen molar-refractivity contribution in [2.24, 2.45) is 0 Å². The second kappa shape index (κ2) is 4.41. The molecule has 0 saturated heterocycles. The van der Waals surface area contributed by atoms with Crippen molar-refractivity contribution < 1.29 is 22.7 Å². The van der Waals surface area contributed by atoms with Crippen molar-refractivity contribution in [1.82, 2.24) is 4.72 Å². The lowest BCUT2D eigenvalue weighted by atomic mass is 9.99. The first-order chi connectivity index (χ1) is 8.88. The van der Waals surface area contributed by atoms with E-state index in [4.69, 9.17) is 9.47 Å². The molecule has 2 rings (SSSR count). The number of hydrogen-bond acceptors (Lipinski definition) is 5. The number of nitrogens with one attached hydrogen (secondary N) is 1. The summed E-state index contributed by atoms with van der Waals surface area (Å²) in [5, 5.41) is 0. The smallest absolute Gasteiger partial charge is 0.268 e. The number of benzene rings is 1. The van der Waals surface area contributed by atoms with E-state index in [1.165, 1.54) is 14.2 Å². The molecule has 0 radical (unpaired) electrons. The molecule has 104 valence electrons. The monoisotopic (exact) mass is 285 g/mol. The zero-order valence-electron chi connectivity index (χ0n) is 11.2. The Bertz CT molecular complexity index is 663. The van der Waals surface area contributed by atoms with E-state index in [1.807, 2.05) is 11.6 Å². The Morgan fingerprint density at radius 3 is 2.21 bits per heavy atom. The maximum Gasteiger partial charge on any atom is 0.268 e. The molecule has 0 aromatic heterocycles. The minimum absolute atomic E-state index is 0.0878. The Morgan fingerprint density at radius 1 is 1.16 bits per heavy atom. The van der Waals surface area contributed by atoms with Gasteiger partial charge in [0.1, 0.15) is 16.4 Å². The Kier molecular flexibility index (Phi) is 3.17. The third kappa shape index (κ3) is 1.76. The average Bonchev–Trinajstić information content (AvgIpc) is 2.58. The second-order valence-corrected chi connectivity index (χ2v) is 5.78. The summed E-state index contributed by atoms with van der Waals surface area (Å²) in [7, 11) is -1.01. The van der Waals surface area contributed by atoms with Gasteiger partial charge in [-0.3, -0.25) is 4.79 Å². The molecule has 1 amide bonds. The molecule has 1 aromatic carbocycles. The van der Waals surface area contributed by atoms with Gasteiger partial charge in [-0.15, -0.1) is 0 Å². The number of carbonyl (C=O) groups is 1. The van der Waals surface area contributed by atoms with Crippen LogP contribution in [0.3, 0.4) is 0 Å². The summed E-state index contributed by atoms with van der Waals surface area (Å²) in [4.78, 5) is 11.8. The molecule has 1 heterocycles. The van der Waals surface area contributed by atoms with E-state index in [2.05, 4.69) is 0 Å². The standard InChI is InChI=1S/C12H15NO5S/c1-5-7-8-11(19(15,16)13-12(8)14)10(18-4)6(2)9(7)17-3/h5H2,1-4H3,(H,13,14). The van der Waals surface area contributed by atoms with Crippen LogP contribution in [-0.4, -0.2) is 28.5 Å². The number of hydrogen-bond donors (Lipinski definition) is 1. The van der Waals surface area contributed by atoms with Crippen LogP contribution < -0.4 is 14.2 Å². The van der Waals surface area contributed by atoms with E-state index in [9.17, 15) is 13.2 Å². The molecule has 0 bridgehead atoms. The molecule has 7 heteroatoms. The molecule has 19 heavy (non-hydrogen) atoms. The van der Waals surface area contributed by atoms with Crippen molar-refractivity contribution in [3.8, 4) is 11.5 Å². The average molecular weight is 285 g/mol. The maximum absolute atomic E-state index is 12.0. The number of carbonyl (C=O) groups excluding carboxylic acids is 1. The lowest BCUT2D eigenvalue weighted by Gasteiger charge is -2.17. The van der Waals surface area contributed by atoms with Crippen LogP contribution in [0.15, 0.2) is 4.90 Å². The number of fused-ring (bicyclic) bond motifs is 1. The molecule has 1 N–H and O–H groups in total. The van der Waals surface area contributed by atoms with Crippen LogP contribution >= 0.6 is 0 Å². The van der Waals surface area contributed by atoms with Gasteiger partial charge in [0, 0.05) is 11.1 Å². The van der Waals surface area contributed by atoms with Gasteiger partial charge >= 0.3 is 0 Å². The van der Waals surface area contributed by atoms with Crippen LogP contribution in [-0.2, 0) is 16.4 Å². The third-order valence-electron chi connectivity index (χ3n) is 3.17. The highest BCUT2D eigenvalue weighted by Crippen LogP contribution is 2.43. The minimum atomic E-state index is -3.86. The number of sulfonamides is 1. The van der Waals surface area contributed by atoms with Crippen LogP contribution in [0.25, 0.3) is 0 Å². The Balaban J connectivity index is 3.01. The van der Waals surface area contributed by atoms with E-state index in [-0.39, 0.29) is 16.2 Å². The first kappa shape index (κ1) is 13.7. The summed E-state index contributed by atoms with van der Waals surface area (Å²) >= 11 is 0. The first-order valence-electron chi connectivity index (χ1n) is 5.73. The molecule has 0 aliphatic carbocycles. The van der Waals surface area contributed by atoms with Crippen LogP contribution in [0.2, 0.25) is 0 Å². The molecule has 1 aliphatic rings. The molecule has 0 spiro atoms. The fraction of sp³-hybridized carbons (Fsp3) is 0.417. The lowest BCUT2D eigenvalue weighted by molar-refractivity contribution is 0.0983. The molecule has 0 saturated carbocycles. The topological polar surface area (TPSA) is 81.7 Å². The van der Waals surface area contributed by atoms with Gasteiger partial charge in [-0.1, -0.05) is 6.92 Å². The summed E-state index contributed by atoms with van der Waals surface area (Å²) in [6.07, 6.45) is 0.485. The van der Waals surface area contributed by atoms with Crippen molar-refractivity contribution in [3.63, 3.8) is 0 Å². The van der Waals surface area contributed by atoms with Crippen molar-refractivity contribution in [3.05, 3.63) is 16.7 Å². The number of ether oxygens (including phenoxy) is 2. The predicted octanol–water partition coefficient (Wildman–Crippen LogP) is 1.01. The molecule has 0 atom stereocenters. The predicted molar refractivity (Wildman–Crippen MR) is 68.3 cm³/mol. The van der Waals surface area contributed by atoms with Gasteiger partial charge in [0.25, 0.3) is 15.9 Å². The van der Waals surface area contributed by atoms with E-state index < -0.39 is 15.9 Å². The quantitative estimate of drug-likeness (QED) is 0.896. The van der Waals surface area contributed by atoms with Gasteiger partial charge in [0.2, 0.25) is 0 Å². The van der Waals surface area contributed by atoms with Crippen molar-refractivity contribution in [1.29, 1.82) is 0 Å². The molecular formula is C12H15NO5S. The Morgan fingerprint density at radius 2 is 1.74 bits per heavy atom. The fourth-order valence-corrected chi connectivity index (χ4v) is 3.86. The van der Waals surface area contributed by atoms with Gasteiger partial charge in [-0.25, -0.2) is 13.1 Å². The molecule has 1 aliphatic heterocycles. The highest BCUT2D eigenvalue weighted by molar-refractivity contribution is 7.90. The number of methoxy groups -OCH3 is 2. The molecule has 1 aromatic rings. The summed E-state index contributed by atoms with van der Waals surface area (Å²) in [6, 6.07) is 0. The van der Waals surface area contributed by atoms with Crippen molar-refractivity contribution in [2.45, 2.75) is 25.2 Å². The maximum atomic E-state index is 12.0. The van der Waals surface area contributed by atoms with Gasteiger partial charge in [-0.2, -0.15) is 0 Å². The zero-order valence-corrected chi connectivity index (χ0v) is 12.0. The Hall–Kier alpha value is -1.76. The minimum Gasteiger partial charge on any atom is -0.496 e. The van der Waals surface area contributed by atoms with Gasteiger partial charge in [0.05, 0.1) is 19.8 Å². The van der Waals surface area contributed by atoms with E-state index in [1.54, 1.807) is 6.92 Å². The van der Waals surface area contributed by atoms with Gasteiger partial charge < -0.3 is 9.47 Å². The highest BCUT2D eigenvalue weighted by atomic mass is 32.2. The Labute approximate surface area is 111 Å². The molecular weight excluding hydrogens is 270 g/mol. The van der Waals surface area contributed by atoms with E-state index in [0.717, 1.165) is 0 Å². The number of rotatable bonds is 3. The zero-order chi connectivity index (χ0) is 14.4. The van der Waals surface area contributed by atoms with Crippen molar-refractivity contribution in [2.75, 3.05) is 14.2 Å². The van der Waals surface area contributed by atoms with Crippen LogP contribution in [0.1, 0.15) is 28.4 Å². The molecule has 0 unspecified atom stereocenters. The van der Waals surface area contributed by atoms with Crippen molar-refractivity contribution >= 4 is 15.9 Å². The van der Waals surface area contributed by atoms with Gasteiger partial charge in [-0.05, 0) is 13.3 Å². The fourth-order valence-electron chi connectivity index (χ4n) is 2.44.